The molecule has 3 aliphatic carbocycles. The summed E-state index contributed by atoms with van der Waals surface area (Å²) in [6, 6.07) is 32.1. The zero-order valence-corrected chi connectivity index (χ0v) is 33.0. The summed E-state index contributed by atoms with van der Waals surface area (Å²) in [5.41, 5.74) is 2.70. The molecule has 0 aliphatic heterocycles. The number of allylic oxidation sites excluding steroid dienone is 2. The van der Waals surface area contributed by atoms with Crippen molar-refractivity contribution in [1.82, 2.24) is 10.2 Å². The van der Waals surface area contributed by atoms with Crippen LogP contribution in [0.15, 0.2) is 121 Å². The average molecular weight is 771 g/mol. The number of halogens is 2. The van der Waals surface area contributed by atoms with Gasteiger partial charge in [0.15, 0.2) is 17.4 Å². The van der Waals surface area contributed by atoms with E-state index in [-0.39, 0.29) is 36.6 Å². The van der Waals surface area contributed by atoms with Gasteiger partial charge in [0, 0.05) is 23.1 Å². The Morgan fingerprint density at radius 2 is 1.65 bits per heavy atom. The predicted molar refractivity (Wildman–Crippen MR) is 221 cm³/mol. The zero-order chi connectivity index (χ0) is 40.3. The van der Waals surface area contributed by atoms with Gasteiger partial charge in [-0.25, -0.2) is 13.6 Å². The molecule has 8 heteroatoms. The molecule has 0 unspecified atom stereocenters. The van der Waals surface area contributed by atoms with Gasteiger partial charge >= 0.3 is 6.03 Å². The van der Waals surface area contributed by atoms with Crippen LogP contribution in [0.1, 0.15) is 109 Å². The van der Waals surface area contributed by atoms with E-state index in [0.717, 1.165) is 45.2 Å². The Balaban J connectivity index is 1.31. The van der Waals surface area contributed by atoms with E-state index in [1.807, 2.05) is 85.8 Å². The number of ketones is 1. The predicted octanol–water partition coefficient (Wildman–Crippen LogP) is 10.4. The monoisotopic (exact) mass is 770 g/mol. The van der Waals surface area contributed by atoms with Crippen LogP contribution in [0.25, 0.3) is 10.8 Å². The second kappa shape index (κ2) is 16.7. The fourth-order valence-electron chi connectivity index (χ4n) is 9.24. The van der Waals surface area contributed by atoms with Gasteiger partial charge in [0.2, 0.25) is 0 Å². The Hall–Kier alpha value is -5.18. The van der Waals surface area contributed by atoms with Crippen molar-refractivity contribution in [3.05, 3.63) is 166 Å². The van der Waals surface area contributed by atoms with Crippen molar-refractivity contribution in [2.75, 3.05) is 6.54 Å². The summed E-state index contributed by atoms with van der Waals surface area (Å²) >= 11 is 0. The van der Waals surface area contributed by atoms with Crippen molar-refractivity contribution in [2.24, 2.45) is 5.41 Å². The lowest BCUT2D eigenvalue weighted by atomic mass is 9.64. The van der Waals surface area contributed by atoms with Crippen LogP contribution in [0.5, 0.6) is 0 Å². The van der Waals surface area contributed by atoms with E-state index >= 15 is 0 Å². The van der Waals surface area contributed by atoms with Crippen LogP contribution >= 0.6 is 0 Å². The molecule has 0 heterocycles. The van der Waals surface area contributed by atoms with Crippen molar-refractivity contribution in [2.45, 2.75) is 95.9 Å². The van der Waals surface area contributed by atoms with E-state index in [9.17, 15) is 28.6 Å². The first-order chi connectivity index (χ1) is 27.3. The Morgan fingerprint density at radius 3 is 2.44 bits per heavy atom. The standard InChI is InChI=1S/C49H52F2N2O4/c1-32-11-10-25-48(3)43(41-22-19-34(27-39(54)21-18-32)28-42(41)46(55)37-20-23-44(50)45(51)29-37)24-26-49(48,57)31-53(47(56)52-33(2)35-12-5-4-6-13-35)30-38-16-9-15-36-14-7-8-17-40(36)38/h4-9,11-17,19-20,22-23,28-29,33,39,43,54,57H,10,18,21,24-27,30-31H2,1-3H3,(H,52,56)/t33-,39+,43+,48+,49-/m1/s1. The zero-order valence-electron chi connectivity index (χ0n) is 33.0. The number of urea groups is 1. The van der Waals surface area contributed by atoms with E-state index in [0.29, 0.717) is 56.1 Å². The summed E-state index contributed by atoms with van der Waals surface area (Å²) in [5.74, 6) is -2.92. The van der Waals surface area contributed by atoms with E-state index in [2.05, 4.69) is 31.3 Å². The van der Waals surface area contributed by atoms with Crippen LogP contribution in [0, 0.1) is 17.0 Å². The topological polar surface area (TPSA) is 89.9 Å². The van der Waals surface area contributed by atoms with Gasteiger partial charge < -0.3 is 20.4 Å². The molecule has 0 spiro atoms. The highest BCUT2D eigenvalue weighted by molar-refractivity contribution is 6.10. The lowest BCUT2D eigenvalue weighted by molar-refractivity contribution is -0.0780. The van der Waals surface area contributed by atoms with Gasteiger partial charge in [0.25, 0.3) is 0 Å². The number of amides is 2. The third-order valence-electron chi connectivity index (χ3n) is 12.7. The Kier molecular flexibility index (Phi) is 11.8. The number of aliphatic hydroxyl groups is 2. The van der Waals surface area contributed by atoms with Crippen molar-refractivity contribution in [3.63, 3.8) is 0 Å². The Labute approximate surface area is 334 Å². The minimum absolute atomic E-state index is 0.0213. The summed E-state index contributed by atoms with van der Waals surface area (Å²) in [5, 5.41) is 29.5. The van der Waals surface area contributed by atoms with Crippen molar-refractivity contribution in [1.29, 1.82) is 0 Å². The minimum atomic E-state index is -1.38. The third kappa shape index (κ3) is 8.44. The summed E-state index contributed by atoms with van der Waals surface area (Å²) in [7, 11) is 0. The van der Waals surface area contributed by atoms with Crippen LogP contribution in [-0.4, -0.2) is 45.2 Å². The molecule has 296 valence electrons. The lowest BCUT2D eigenvalue weighted by Gasteiger charge is -2.46. The summed E-state index contributed by atoms with van der Waals surface area (Å²) in [4.78, 5) is 30.6. The maximum absolute atomic E-state index is 14.5. The molecule has 57 heavy (non-hydrogen) atoms. The van der Waals surface area contributed by atoms with Gasteiger partial charge in [-0.2, -0.15) is 0 Å². The molecule has 5 atom stereocenters. The van der Waals surface area contributed by atoms with E-state index < -0.39 is 34.5 Å². The SMILES string of the molecule is CC1=CCC[C@@]2(C)[C@@H](CC[C@@]2(O)CN(Cc2cccc3ccccc23)C(=O)N[C@H](C)c2ccccc2)c2ccc(cc2C(=O)c2ccc(F)c(F)c2)C[C@@H](O)CC1. The quantitative estimate of drug-likeness (QED) is 0.108. The second-order valence-corrected chi connectivity index (χ2v) is 16.5. The molecule has 1 fully saturated rings. The van der Waals surface area contributed by atoms with Gasteiger partial charge in [-0.3, -0.25) is 4.79 Å². The fourth-order valence-corrected chi connectivity index (χ4v) is 9.24. The molecule has 2 amide bonds. The summed E-state index contributed by atoms with van der Waals surface area (Å²) < 4.78 is 28.6. The van der Waals surface area contributed by atoms with Crippen molar-refractivity contribution >= 4 is 22.6 Å². The Bertz CT molecular complexity index is 2290. The van der Waals surface area contributed by atoms with E-state index in [1.165, 1.54) is 6.07 Å². The smallest absolute Gasteiger partial charge is 0.318 e. The molecular formula is C49H52F2N2O4. The van der Waals surface area contributed by atoms with Crippen molar-refractivity contribution in [3.8, 4) is 0 Å². The molecule has 5 aromatic carbocycles. The average Bonchev–Trinajstić information content (AvgIpc) is 3.46. The first-order valence-corrected chi connectivity index (χ1v) is 20.1. The van der Waals surface area contributed by atoms with Gasteiger partial charge in [0.1, 0.15) is 0 Å². The van der Waals surface area contributed by atoms with Crippen LogP contribution < -0.4 is 5.32 Å². The summed E-state index contributed by atoms with van der Waals surface area (Å²) in [6.45, 7) is 6.38. The highest BCUT2D eigenvalue weighted by Gasteiger charge is 2.57. The molecule has 5 aromatic rings. The number of benzene rings is 5. The number of nitrogens with zero attached hydrogens (tertiary/aromatic N) is 1. The molecule has 0 aromatic heterocycles. The molecule has 8 rings (SSSR count). The molecule has 3 aliphatic rings. The maximum Gasteiger partial charge on any atom is 0.318 e. The normalized spacial score (nSPS) is 23.0. The largest absolute Gasteiger partial charge is 0.393 e. The molecule has 1 saturated carbocycles. The van der Waals surface area contributed by atoms with Crippen LogP contribution in [0.3, 0.4) is 0 Å². The van der Waals surface area contributed by atoms with Crippen LogP contribution in [0.2, 0.25) is 0 Å². The number of hydrogen-bond donors (Lipinski definition) is 3. The number of carbonyl (C=O) groups is 2. The lowest BCUT2D eigenvalue weighted by Crippen LogP contribution is -2.55. The molecule has 2 bridgehead atoms. The molecular weight excluding hydrogens is 719 g/mol. The van der Waals surface area contributed by atoms with E-state index in [1.54, 1.807) is 11.0 Å². The Morgan fingerprint density at radius 1 is 0.895 bits per heavy atom. The number of hydrogen-bond acceptors (Lipinski definition) is 4. The van der Waals surface area contributed by atoms with Gasteiger partial charge in [-0.15, -0.1) is 0 Å². The number of aliphatic hydroxyl groups excluding tert-OH is 1. The van der Waals surface area contributed by atoms with Crippen LogP contribution in [0.4, 0.5) is 13.6 Å². The molecule has 6 nitrogen and oxygen atoms in total. The number of carbonyl (C=O) groups excluding carboxylic acids is 2. The molecule has 3 N–H and O–H groups in total. The summed E-state index contributed by atoms with van der Waals surface area (Å²) in [6.07, 6.45) is 5.21. The molecule has 0 saturated heterocycles. The highest BCUT2D eigenvalue weighted by atomic mass is 19.2. The van der Waals surface area contributed by atoms with E-state index in [4.69, 9.17) is 0 Å². The first kappa shape index (κ1) is 40.0. The molecule has 0 radical (unpaired) electrons. The highest BCUT2D eigenvalue weighted by Crippen LogP contribution is 2.59. The van der Waals surface area contributed by atoms with Gasteiger partial charge in [0.05, 0.1) is 24.3 Å². The van der Waals surface area contributed by atoms with Gasteiger partial charge in [-0.1, -0.05) is 104 Å². The second-order valence-electron chi connectivity index (χ2n) is 16.5. The van der Waals surface area contributed by atoms with Crippen LogP contribution in [-0.2, 0) is 13.0 Å². The van der Waals surface area contributed by atoms with Crippen molar-refractivity contribution < 1.29 is 28.6 Å². The number of rotatable bonds is 8. The number of fused-ring (bicyclic) bond motifs is 9. The maximum atomic E-state index is 14.5. The fraction of sp³-hybridized carbons (Fsp3) is 0.347. The number of nitrogens with one attached hydrogen (secondary N) is 1. The van der Waals surface area contributed by atoms with Gasteiger partial charge in [-0.05, 0) is 122 Å². The minimum Gasteiger partial charge on any atom is -0.393 e. The third-order valence-corrected chi connectivity index (χ3v) is 12.7. The first-order valence-electron chi connectivity index (χ1n) is 20.1.